The molecular weight excluding hydrogens is 324 g/mol. The largest absolute Gasteiger partial charge is 0.488 e. The van der Waals surface area contributed by atoms with E-state index >= 15 is 0 Å². The summed E-state index contributed by atoms with van der Waals surface area (Å²) in [5, 5.41) is 0. The molecular formula is C23H20O3. The van der Waals surface area contributed by atoms with Gasteiger partial charge in [-0.1, -0.05) is 72.3 Å². The molecule has 3 heteroatoms. The quantitative estimate of drug-likeness (QED) is 0.472. The summed E-state index contributed by atoms with van der Waals surface area (Å²) in [7, 11) is 0. The molecule has 2 atom stereocenters. The Morgan fingerprint density at radius 3 is 2.38 bits per heavy atom. The second-order valence-corrected chi connectivity index (χ2v) is 6.53. The van der Waals surface area contributed by atoms with Crippen molar-refractivity contribution in [2.75, 3.05) is 0 Å². The van der Waals surface area contributed by atoms with Crippen LogP contribution in [0.4, 0.5) is 0 Å². The highest BCUT2D eigenvalue weighted by Gasteiger charge is 2.46. The maximum atomic E-state index is 13.0. The Kier molecular flexibility index (Phi) is 4.55. The molecule has 3 aromatic carbocycles. The highest BCUT2D eigenvalue weighted by molar-refractivity contribution is 6.03. The van der Waals surface area contributed by atoms with Crippen molar-refractivity contribution in [1.82, 2.24) is 0 Å². The molecule has 1 heterocycles. The first-order valence-corrected chi connectivity index (χ1v) is 8.74. The summed E-state index contributed by atoms with van der Waals surface area (Å²) in [5.41, 5.74) is 3.71. The van der Waals surface area contributed by atoms with E-state index in [1.807, 2.05) is 85.8 Å². The monoisotopic (exact) mass is 344 g/mol. The zero-order valence-corrected chi connectivity index (χ0v) is 14.6. The molecule has 1 aliphatic rings. The van der Waals surface area contributed by atoms with Gasteiger partial charge in [0.2, 0.25) is 0 Å². The van der Waals surface area contributed by atoms with Crippen molar-refractivity contribution in [3.8, 4) is 5.75 Å². The molecule has 0 N–H and O–H groups in total. The van der Waals surface area contributed by atoms with Gasteiger partial charge in [0.05, 0.1) is 5.56 Å². The summed E-state index contributed by atoms with van der Waals surface area (Å²) < 4.78 is 11.6. The summed E-state index contributed by atoms with van der Waals surface area (Å²) in [6, 6.07) is 25.5. The van der Waals surface area contributed by atoms with Crippen LogP contribution in [-0.4, -0.2) is 11.9 Å². The van der Waals surface area contributed by atoms with E-state index in [2.05, 4.69) is 0 Å². The summed E-state index contributed by atoms with van der Waals surface area (Å²) in [6.45, 7) is 2.40. The molecule has 0 spiro atoms. The molecule has 26 heavy (non-hydrogen) atoms. The zero-order chi connectivity index (χ0) is 17.9. The minimum Gasteiger partial charge on any atom is -0.488 e. The molecule has 1 aliphatic heterocycles. The van der Waals surface area contributed by atoms with E-state index in [-0.39, 0.29) is 11.9 Å². The van der Waals surface area contributed by atoms with Gasteiger partial charge in [0.15, 0.2) is 11.9 Å². The number of carbonyl (C=O) groups excluding carboxylic acids is 1. The van der Waals surface area contributed by atoms with Gasteiger partial charge in [-0.2, -0.15) is 0 Å². The lowest BCUT2D eigenvalue weighted by Crippen LogP contribution is -2.11. The number of benzene rings is 3. The highest BCUT2D eigenvalue weighted by Crippen LogP contribution is 2.41. The molecule has 3 aromatic rings. The number of Topliss-reactive ketones (excluding diaryl/α,β-unsaturated/α-hetero) is 1. The molecule has 3 nitrogen and oxygen atoms in total. The average molecular weight is 344 g/mol. The molecule has 0 bridgehead atoms. The van der Waals surface area contributed by atoms with Gasteiger partial charge in [-0.15, -0.1) is 0 Å². The zero-order valence-electron chi connectivity index (χ0n) is 14.6. The Bertz CT molecular complexity index is 903. The molecule has 130 valence electrons. The third kappa shape index (κ3) is 3.53. The predicted molar refractivity (Wildman–Crippen MR) is 100 cm³/mol. The van der Waals surface area contributed by atoms with E-state index in [1.165, 1.54) is 0 Å². The Morgan fingerprint density at radius 2 is 1.65 bits per heavy atom. The summed E-state index contributed by atoms with van der Waals surface area (Å²) in [4.78, 5) is 13.0. The molecule has 0 unspecified atom stereocenters. The number of epoxide rings is 1. The van der Waals surface area contributed by atoms with E-state index < -0.39 is 6.10 Å². The van der Waals surface area contributed by atoms with Crippen molar-refractivity contribution in [2.45, 2.75) is 25.7 Å². The number of aryl methyl sites for hydroxylation is 1. The van der Waals surface area contributed by atoms with E-state index in [1.54, 1.807) is 0 Å². The van der Waals surface area contributed by atoms with Crippen LogP contribution in [0.25, 0.3) is 0 Å². The lowest BCUT2D eigenvalue weighted by atomic mass is 10.0. The Labute approximate surface area is 153 Å². The first-order chi connectivity index (χ1) is 12.7. The second kappa shape index (κ2) is 7.14. The summed E-state index contributed by atoms with van der Waals surface area (Å²) in [5.74, 6) is 0.581. The first-order valence-electron chi connectivity index (χ1n) is 8.74. The fourth-order valence-electron chi connectivity index (χ4n) is 3.06. The van der Waals surface area contributed by atoms with Crippen LogP contribution in [-0.2, 0) is 11.3 Å². The summed E-state index contributed by atoms with van der Waals surface area (Å²) >= 11 is 0. The van der Waals surface area contributed by atoms with Crippen molar-refractivity contribution in [1.29, 1.82) is 0 Å². The van der Waals surface area contributed by atoms with Gasteiger partial charge in [0.1, 0.15) is 18.5 Å². The van der Waals surface area contributed by atoms with E-state index in [0.717, 1.165) is 16.7 Å². The number of rotatable bonds is 6. The molecule has 4 rings (SSSR count). The lowest BCUT2D eigenvalue weighted by molar-refractivity contribution is 0.0949. The van der Waals surface area contributed by atoms with Crippen LogP contribution < -0.4 is 4.74 Å². The maximum Gasteiger partial charge on any atom is 0.198 e. The number of carbonyl (C=O) groups is 1. The van der Waals surface area contributed by atoms with Crippen LogP contribution in [0, 0.1) is 6.92 Å². The normalized spacial score (nSPS) is 18.3. The Morgan fingerprint density at radius 1 is 0.962 bits per heavy atom. The third-order valence-electron chi connectivity index (χ3n) is 4.52. The number of ketones is 1. The van der Waals surface area contributed by atoms with E-state index in [0.29, 0.717) is 17.9 Å². The van der Waals surface area contributed by atoms with Gasteiger partial charge in [-0.25, -0.2) is 0 Å². The summed E-state index contributed by atoms with van der Waals surface area (Å²) in [6.07, 6.45) is -0.593. The fraction of sp³-hybridized carbons (Fsp3) is 0.174. The molecule has 1 saturated heterocycles. The second-order valence-electron chi connectivity index (χ2n) is 6.53. The van der Waals surface area contributed by atoms with Crippen molar-refractivity contribution < 1.29 is 14.3 Å². The molecule has 0 aliphatic carbocycles. The first kappa shape index (κ1) is 16.6. The molecule has 1 fully saturated rings. The predicted octanol–water partition coefficient (Wildman–Crippen LogP) is 4.90. The topological polar surface area (TPSA) is 38.8 Å². The van der Waals surface area contributed by atoms with E-state index in [4.69, 9.17) is 9.47 Å². The standard InChI is InChI=1S/C23H20O3/c1-16-12-13-20(25-15-17-8-4-2-5-9-17)19(14-16)21(24)23-22(26-23)18-10-6-3-7-11-18/h2-14,22-23H,15H2,1H3/t22-,23-/m0/s1. The molecule has 0 aromatic heterocycles. The smallest absolute Gasteiger partial charge is 0.198 e. The van der Waals surface area contributed by atoms with Gasteiger partial charge in [-0.05, 0) is 30.2 Å². The Balaban J connectivity index is 1.52. The van der Waals surface area contributed by atoms with Gasteiger partial charge in [0, 0.05) is 0 Å². The number of ether oxygens (including phenoxy) is 2. The van der Waals surface area contributed by atoms with Gasteiger partial charge in [0.25, 0.3) is 0 Å². The van der Waals surface area contributed by atoms with Crippen molar-refractivity contribution in [3.05, 3.63) is 101 Å². The van der Waals surface area contributed by atoms with Crippen LogP contribution in [0.15, 0.2) is 78.9 Å². The van der Waals surface area contributed by atoms with Crippen LogP contribution in [0.2, 0.25) is 0 Å². The van der Waals surface area contributed by atoms with Gasteiger partial charge in [-0.3, -0.25) is 4.79 Å². The van der Waals surface area contributed by atoms with Crippen LogP contribution in [0.5, 0.6) is 5.75 Å². The highest BCUT2D eigenvalue weighted by atomic mass is 16.6. The number of hydrogen-bond acceptors (Lipinski definition) is 3. The lowest BCUT2D eigenvalue weighted by Gasteiger charge is -2.11. The Hall–Kier alpha value is -2.91. The third-order valence-corrected chi connectivity index (χ3v) is 4.52. The van der Waals surface area contributed by atoms with Crippen molar-refractivity contribution in [3.63, 3.8) is 0 Å². The molecule has 0 amide bonds. The van der Waals surface area contributed by atoms with E-state index in [9.17, 15) is 4.79 Å². The van der Waals surface area contributed by atoms with Crippen molar-refractivity contribution in [2.24, 2.45) is 0 Å². The van der Waals surface area contributed by atoms with Crippen LogP contribution in [0.3, 0.4) is 0 Å². The minimum absolute atomic E-state index is 0.0226. The van der Waals surface area contributed by atoms with Crippen LogP contribution >= 0.6 is 0 Å². The van der Waals surface area contributed by atoms with Gasteiger partial charge < -0.3 is 9.47 Å². The minimum atomic E-state index is -0.432. The fourth-order valence-corrected chi connectivity index (χ4v) is 3.06. The molecule has 0 radical (unpaired) electrons. The SMILES string of the molecule is Cc1ccc(OCc2ccccc2)c(C(=O)[C@@H]2O[C@H]2c2ccccc2)c1. The molecule has 0 saturated carbocycles. The van der Waals surface area contributed by atoms with Crippen LogP contribution in [0.1, 0.15) is 33.2 Å². The average Bonchev–Trinajstić information content (AvgIpc) is 3.49. The number of hydrogen-bond donors (Lipinski definition) is 0. The maximum absolute atomic E-state index is 13.0. The van der Waals surface area contributed by atoms with Crippen molar-refractivity contribution >= 4 is 5.78 Å². The van der Waals surface area contributed by atoms with Gasteiger partial charge >= 0.3 is 0 Å².